The number of hydrogen-bond acceptors (Lipinski definition) is 2. The van der Waals surface area contributed by atoms with Gasteiger partial charge in [-0.1, -0.05) is 6.07 Å². The van der Waals surface area contributed by atoms with Gasteiger partial charge in [-0.15, -0.1) is 11.6 Å². The van der Waals surface area contributed by atoms with Crippen molar-refractivity contribution in [3.63, 3.8) is 0 Å². The third kappa shape index (κ3) is 4.23. The topological polar surface area (TPSA) is 49.3 Å². The summed E-state index contributed by atoms with van der Waals surface area (Å²) in [6.45, 7) is 3.66. The Morgan fingerprint density at radius 1 is 1.53 bits per heavy atom. The normalized spacial score (nSPS) is 11.3. The zero-order chi connectivity index (χ0) is 13.1. The molecular formula is C12H15ClFNO2. The Morgan fingerprint density at radius 3 is 2.71 bits per heavy atom. The highest BCUT2D eigenvalue weighted by atomic mass is 35.5. The van der Waals surface area contributed by atoms with Crippen LogP contribution in [0.2, 0.25) is 0 Å². The number of carbonyl (C=O) groups is 1. The maximum absolute atomic E-state index is 12.9. The Kier molecular flexibility index (Phi) is 4.34. The predicted octanol–water partition coefficient (Wildman–Crippen LogP) is 2.21. The standard InChI is InChI=1S/C12H15ClFNO2/c1-12(2,15-11(17)7-13)6-8-3-4-9(14)10(16)5-8/h3-5,16H,6-7H2,1-2H3,(H,15,17). The number of carbonyl (C=O) groups excluding carboxylic acids is 1. The third-order valence-electron chi connectivity index (χ3n) is 2.26. The van der Waals surface area contributed by atoms with Crippen LogP contribution in [0, 0.1) is 5.82 Å². The molecule has 0 aromatic heterocycles. The summed E-state index contributed by atoms with van der Waals surface area (Å²) in [4.78, 5) is 11.2. The first-order chi connectivity index (χ1) is 7.84. The van der Waals surface area contributed by atoms with Crippen molar-refractivity contribution in [3.05, 3.63) is 29.6 Å². The molecule has 0 aliphatic heterocycles. The second-order valence-electron chi connectivity index (χ2n) is 4.53. The second-order valence-corrected chi connectivity index (χ2v) is 4.80. The number of benzene rings is 1. The lowest BCUT2D eigenvalue weighted by Gasteiger charge is -2.26. The minimum absolute atomic E-state index is 0.0991. The van der Waals surface area contributed by atoms with Crippen LogP contribution < -0.4 is 5.32 Å². The molecule has 0 spiro atoms. The Balaban J connectivity index is 2.75. The Morgan fingerprint density at radius 2 is 2.18 bits per heavy atom. The molecule has 94 valence electrons. The van der Waals surface area contributed by atoms with Crippen molar-refractivity contribution in [2.75, 3.05) is 5.88 Å². The summed E-state index contributed by atoms with van der Waals surface area (Å²) in [5.74, 6) is -1.40. The molecule has 0 atom stereocenters. The Labute approximate surface area is 105 Å². The van der Waals surface area contributed by atoms with E-state index in [4.69, 9.17) is 11.6 Å². The predicted molar refractivity (Wildman–Crippen MR) is 64.7 cm³/mol. The van der Waals surface area contributed by atoms with Crippen molar-refractivity contribution in [2.24, 2.45) is 0 Å². The fourth-order valence-electron chi connectivity index (χ4n) is 1.63. The highest BCUT2D eigenvalue weighted by molar-refractivity contribution is 6.27. The van der Waals surface area contributed by atoms with Crippen LogP contribution in [-0.4, -0.2) is 22.4 Å². The van der Waals surface area contributed by atoms with Crippen LogP contribution in [0.3, 0.4) is 0 Å². The van der Waals surface area contributed by atoms with Crippen LogP contribution in [0.15, 0.2) is 18.2 Å². The maximum Gasteiger partial charge on any atom is 0.235 e. The molecule has 0 radical (unpaired) electrons. The van der Waals surface area contributed by atoms with E-state index in [0.717, 1.165) is 5.56 Å². The van der Waals surface area contributed by atoms with Gasteiger partial charge in [-0.25, -0.2) is 4.39 Å². The molecule has 0 saturated carbocycles. The molecule has 17 heavy (non-hydrogen) atoms. The summed E-state index contributed by atoms with van der Waals surface area (Å²) in [5.41, 5.74) is 0.236. The van der Waals surface area contributed by atoms with Crippen LogP contribution in [-0.2, 0) is 11.2 Å². The number of phenols is 1. The molecule has 1 aromatic rings. The van der Waals surface area contributed by atoms with Crippen molar-refractivity contribution in [1.82, 2.24) is 5.32 Å². The second kappa shape index (κ2) is 5.36. The van der Waals surface area contributed by atoms with E-state index in [9.17, 15) is 14.3 Å². The molecule has 0 saturated heterocycles. The molecular weight excluding hydrogens is 245 g/mol. The number of rotatable bonds is 4. The average molecular weight is 260 g/mol. The first-order valence-corrected chi connectivity index (χ1v) is 5.72. The van der Waals surface area contributed by atoms with Crippen molar-refractivity contribution in [1.29, 1.82) is 0 Å². The lowest BCUT2D eigenvalue weighted by atomic mass is 9.94. The summed E-state index contributed by atoms with van der Waals surface area (Å²) in [7, 11) is 0. The van der Waals surface area contributed by atoms with Gasteiger partial charge in [-0.3, -0.25) is 4.79 Å². The molecule has 0 fully saturated rings. The van der Waals surface area contributed by atoms with Crippen LogP contribution >= 0.6 is 11.6 Å². The number of aromatic hydroxyl groups is 1. The van der Waals surface area contributed by atoms with Gasteiger partial charge in [0.2, 0.25) is 5.91 Å². The minimum Gasteiger partial charge on any atom is -0.505 e. The van der Waals surface area contributed by atoms with Gasteiger partial charge < -0.3 is 10.4 Å². The van der Waals surface area contributed by atoms with Crippen molar-refractivity contribution < 1.29 is 14.3 Å². The SMILES string of the molecule is CC(C)(Cc1ccc(F)c(O)c1)NC(=O)CCl. The molecule has 1 aromatic carbocycles. The molecule has 0 heterocycles. The number of alkyl halides is 1. The first-order valence-electron chi connectivity index (χ1n) is 5.18. The monoisotopic (exact) mass is 259 g/mol. The molecule has 0 aliphatic rings. The molecule has 1 amide bonds. The van der Waals surface area contributed by atoms with Gasteiger partial charge in [0.05, 0.1) is 0 Å². The lowest BCUT2D eigenvalue weighted by molar-refractivity contribution is -0.120. The van der Waals surface area contributed by atoms with Gasteiger partial charge in [0, 0.05) is 5.54 Å². The summed E-state index contributed by atoms with van der Waals surface area (Å²) < 4.78 is 12.9. The molecule has 0 bridgehead atoms. The number of nitrogens with one attached hydrogen (secondary N) is 1. The van der Waals surface area contributed by atoms with Crippen molar-refractivity contribution in [2.45, 2.75) is 25.8 Å². The van der Waals surface area contributed by atoms with Crippen molar-refractivity contribution >= 4 is 17.5 Å². The molecule has 0 unspecified atom stereocenters. The van der Waals surface area contributed by atoms with E-state index in [1.807, 2.05) is 13.8 Å². The van der Waals surface area contributed by atoms with Crippen molar-refractivity contribution in [3.8, 4) is 5.75 Å². The van der Waals surface area contributed by atoms with Gasteiger partial charge >= 0.3 is 0 Å². The van der Waals surface area contributed by atoms with E-state index in [0.29, 0.717) is 6.42 Å². The van der Waals surface area contributed by atoms with Gasteiger partial charge in [-0.05, 0) is 38.0 Å². The quantitative estimate of drug-likeness (QED) is 0.815. The van der Waals surface area contributed by atoms with Crippen LogP contribution in [0.25, 0.3) is 0 Å². The third-order valence-corrected chi connectivity index (χ3v) is 2.50. The van der Waals surface area contributed by atoms with E-state index in [1.54, 1.807) is 6.07 Å². The molecule has 5 heteroatoms. The van der Waals surface area contributed by atoms with E-state index in [-0.39, 0.29) is 17.5 Å². The molecule has 2 N–H and O–H groups in total. The van der Waals surface area contributed by atoms with E-state index < -0.39 is 11.4 Å². The lowest BCUT2D eigenvalue weighted by Crippen LogP contribution is -2.45. The Hall–Kier alpha value is -1.29. The number of halogens is 2. The number of phenolic OH excluding ortho intramolecular Hbond substituents is 1. The molecule has 3 nitrogen and oxygen atoms in total. The molecule has 0 aliphatic carbocycles. The summed E-state index contributed by atoms with van der Waals surface area (Å²) in [6, 6.07) is 4.12. The van der Waals surface area contributed by atoms with E-state index in [1.165, 1.54) is 12.1 Å². The van der Waals surface area contributed by atoms with Crippen LogP contribution in [0.1, 0.15) is 19.4 Å². The summed E-state index contributed by atoms with van der Waals surface area (Å²) in [5, 5.41) is 12.0. The largest absolute Gasteiger partial charge is 0.505 e. The number of hydrogen-bond donors (Lipinski definition) is 2. The highest BCUT2D eigenvalue weighted by Gasteiger charge is 2.20. The van der Waals surface area contributed by atoms with E-state index in [2.05, 4.69) is 5.32 Å². The minimum atomic E-state index is -0.656. The molecule has 1 rings (SSSR count). The fourth-order valence-corrected chi connectivity index (χ4v) is 1.70. The zero-order valence-corrected chi connectivity index (χ0v) is 10.5. The van der Waals surface area contributed by atoms with Gasteiger partial charge in [0.1, 0.15) is 5.88 Å². The smallest absolute Gasteiger partial charge is 0.235 e. The van der Waals surface area contributed by atoms with Crippen LogP contribution in [0.5, 0.6) is 5.75 Å². The number of amides is 1. The van der Waals surface area contributed by atoms with Gasteiger partial charge in [0.25, 0.3) is 0 Å². The highest BCUT2D eigenvalue weighted by Crippen LogP contribution is 2.20. The van der Waals surface area contributed by atoms with Gasteiger partial charge in [-0.2, -0.15) is 0 Å². The summed E-state index contributed by atoms with van der Waals surface area (Å²) in [6.07, 6.45) is 0.476. The average Bonchev–Trinajstić information content (AvgIpc) is 2.22. The zero-order valence-electron chi connectivity index (χ0n) is 9.76. The fraction of sp³-hybridized carbons (Fsp3) is 0.417. The van der Waals surface area contributed by atoms with E-state index >= 15 is 0 Å². The summed E-state index contributed by atoms with van der Waals surface area (Å²) >= 11 is 5.41. The Bertz CT molecular complexity index is 421. The van der Waals surface area contributed by atoms with Crippen LogP contribution in [0.4, 0.5) is 4.39 Å². The van der Waals surface area contributed by atoms with Gasteiger partial charge in [0.15, 0.2) is 11.6 Å². The maximum atomic E-state index is 12.9. The first kappa shape index (κ1) is 13.8.